The molecule has 2 aromatic rings. The molecule has 0 aliphatic rings. The SMILES string of the molecule is C[C@@H](N=Cc1ccccc1[O-])c1ccccn1.[Cu+2].[O-][Cl+3]([O-])([O-])[O-].[OH3+]. The van der Waals surface area contributed by atoms with E-state index in [0.717, 1.165) is 5.69 Å². The first-order valence-electron chi connectivity index (χ1n) is 6.09. The predicted octanol–water partition coefficient (Wildman–Crippen LogP) is -3.35. The molecule has 2 rings (SSSR count). The summed E-state index contributed by atoms with van der Waals surface area (Å²) in [5, 5.41) is 11.5. The van der Waals surface area contributed by atoms with E-state index in [1.54, 1.807) is 24.5 Å². The average Bonchev–Trinajstić information content (AvgIpc) is 2.45. The van der Waals surface area contributed by atoms with Crippen LogP contribution in [0, 0.1) is 10.2 Å². The molecule has 24 heavy (non-hydrogen) atoms. The second-order valence-corrected chi connectivity index (χ2v) is 4.88. The minimum absolute atomic E-state index is 0. The molecule has 1 aromatic heterocycles. The fourth-order valence-electron chi connectivity index (χ4n) is 1.48. The van der Waals surface area contributed by atoms with Crippen LogP contribution in [0.1, 0.15) is 24.2 Å². The molecule has 0 saturated heterocycles. The fourth-order valence-corrected chi connectivity index (χ4v) is 1.48. The molecule has 1 radical (unpaired) electrons. The quantitative estimate of drug-likeness (QED) is 0.292. The van der Waals surface area contributed by atoms with Crippen molar-refractivity contribution in [3.05, 3.63) is 59.9 Å². The van der Waals surface area contributed by atoms with Crippen LogP contribution in [0.25, 0.3) is 0 Å². The average molecular weight is 407 g/mol. The zero-order valence-electron chi connectivity index (χ0n) is 12.5. The first kappa shape index (κ1) is 24.7. The monoisotopic (exact) mass is 406 g/mol. The number of aliphatic imine (C=N–C) groups is 1. The van der Waals surface area contributed by atoms with Gasteiger partial charge in [0.15, 0.2) is 0 Å². The third-order valence-corrected chi connectivity index (χ3v) is 2.47. The Morgan fingerprint density at radius 1 is 1.04 bits per heavy atom. The topological polar surface area (TPSA) is 174 Å². The summed E-state index contributed by atoms with van der Waals surface area (Å²) < 4.78 is 34.0. The number of nitrogens with zero attached hydrogens (tertiary/aromatic N) is 2. The molecule has 8 nitrogen and oxygen atoms in total. The second-order valence-electron chi connectivity index (χ2n) is 4.12. The molecule has 0 saturated carbocycles. The maximum Gasteiger partial charge on any atom is 2.00 e. The standard InChI is InChI=1S/C14H14N2O.ClHO4.Cu.H2O/c1-11(13-7-4-5-9-15-13)16-10-12-6-2-3-8-14(12)17;2-1(3,4)5;;/h2-11,17H,1H3;(H,2,3,4,5);;1H2/q;;+2;/p-1/t11-;;;/m1.../s1. The Morgan fingerprint density at radius 3 is 2.08 bits per heavy atom. The van der Waals surface area contributed by atoms with Crippen molar-refractivity contribution in [1.82, 2.24) is 4.98 Å². The van der Waals surface area contributed by atoms with Crippen LogP contribution in [0.15, 0.2) is 53.7 Å². The van der Waals surface area contributed by atoms with E-state index in [2.05, 4.69) is 9.98 Å². The molecule has 0 aliphatic heterocycles. The molecular formula is C14H16ClCuN2O6+. The van der Waals surface area contributed by atoms with E-state index in [9.17, 15) is 5.11 Å². The molecule has 0 amide bonds. The molecule has 0 bridgehead atoms. The number of pyridine rings is 1. The van der Waals surface area contributed by atoms with Gasteiger partial charge in [0.2, 0.25) is 0 Å². The number of para-hydroxylation sites is 1. The molecule has 10 heteroatoms. The van der Waals surface area contributed by atoms with Crippen molar-refractivity contribution >= 4 is 6.21 Å². The van der Waals surface area contributed by atoms with E-state index in [0.29, 0.717) is 5.56 Å². The van der Waals surface area contributed by atoms with E-state index in [-0.39, 0.29) is 34.3 Å². The van der Waals surface area contributed by atoms with Gasteiger partial charge in [-0.3, -0.25) is 9.98 Å². The molecule has 1 atom stereocenters. The van der Waals surface area contributed by atoms with Gasteiger partial charge in [-0.1, -0.05) is 30.3 Å². The van der Waals surface area contributed by atoms with E-state index in [1.807, 2.05) is 31.2 Å². The van der Waals surface area contributed by atoms with Gasteiger partial charge in [0.1, 0.15) is 0 Å². The molecule has 0 aliphatic carbocycles. The maximum atomic E-state index is 11.5. The summed E-state index contributed by atoms with van der Waals surface area (Å²) in [5.41, 5.74) is 1.50. The van der Waals surface area contributed by atoms with Gasteiger partial charge in [-0.05, 0) is 24.6 Å². The van der Waals surface area contributed by atoms with Gasteiger partial charge in [0.25, 0.3) is 0 Å². The number of hydrogen-bond acceptors (Lipinski definition) is 7. The summed E-state index contributed by atoms with van der Waals surface area (Å²) in [4.78, 5) is 8.56. The summed E-state index contributed by atoms with van der Waals surface area (Å²) in [6.45, 7) is 1.95. The molecule has 135 valence electrons. The largest absolute Gasteiger partial charge is 2.00 e. The van der Waals surface area contributed by atoms with Crippen LogP contribution in [-0.2, 0) is 22.5 Å². The summed E-state index contributed by atoms with van der Waals surface area (Å²) in [7, 11) is -4.94. The number of hydrogen-bond donors (Lipinski definition) is 0. The van der Waals surface area contributed by atoms with E-state index in [1.165, 1.54) is 6.07 Å². The zero-order chi connectivity index (χ0) is 16.6. The van der Waals surface area contributed by atoms with E-state index >= 15 is 0 Å². The Kier molecular flexibility index (Phi) is 12.3. The van der Waals surface area contributed by atoms with Crippen LogP contribution < -0.4 is 23.7 Å². The van der Waals surface area contributed by atoms with Crippen molar-refractivity contribution in [1.29, 1.82) is 0 Å². The van der Waals surface area contributed by atoms with Gasteiger partial charge in [0, 0.05) is 12.4 Å². The summed E-state index contributed by atoms with van der Waals surface area (Å²) in [6, 6.07) is 12.5. The second kappa shape index (κ2) is 11.9. The molecule has 0 unspecified atom stereocenters. The Hall–Kier alpha value is -1.55. The van der Waals surface area contributed by atoms with Gasteiger partial charge in [-0.15, -0.1) is 16.0 Å². The summed E-state index contributed by atoms with van der Waals surface area (Å²) in [6.07, 6.45) is 3.35. The zero-order valence-corrected chi connectivity index (χ0v) is 14.2. The summed E-state index contributed by atoms with van der Waals surface area (Å²) in [5.74, 6) is -0.00975. The third kappa shape index (κ3) is 11.1. The number of benzene rings is 1. The van der Waals surface area contributed by atoms with Crippen LogP contribution in [0.2, 0.25) is 0 Å². The van der Waals surface area contributed by atoms with Crippen molar-refractivity contribution in [2.45, 2.75) is 13.0 Å². The van der Waals surface area contributed by atoms with E-state index < -0.39 is 10.2 Å². The third-order valence-electron chi connectivity index (χ3n) is 2.47. The van der Waals surface area contributed by atoms with Crippen molar-refractivity contribution in [2.24, 2.45) is 4.99 Å². The van der Waals surface area contributed by atoms with Crippen LogP contribution in [0.4, 0.5) is 0 Å². The Bertz CT molecular complexity index is 604. The minimum atomic E-state index is -4.94. The molecule has 0 spiro atoms. The molecular weight excluding hydrogens is 391 g/mol. The summed E-state index contributed by atoms with van der Waals surface area (Å²) >= 11 is 0. The fraction of sp³-hybridized carbons (Fsp3) is 0.143. The normalized spacial score (nSPS) is 11.5. The predicted molar refractivity (Wildman–Crippen MR) is 71.0 cm³/mol. The maximum absolute atomic E-state index is 11.5. The Balaban J connectivity index is 0. The number of aromatic nitrogens is 1. The first-order valence-corrected chi connectivity index (χ1v) is 7.32. The van der Waals surface area contributed by atoms with Gasteiger partial charge in [0.05, 0.1) is 11.7 Å². The van der Waals surface area contributed by atoms with Crippen LogP contribution in [0.5, 0.6) is 5.75 Å². The smallest absolute Gasteiger partial charge is 0.872 e. The van der Waals surface area contributed by atoms with Crippen molar-refractivity contribution < 1.29 is 56.5 Å². The van der Waals surface area contributed by atoms with Crippen molar-refractivity contribution in [2.75, 3.05) is 0 Å². The van der Waals surface area contributed by atoms with Gasteiger partial charge >= 0.3 is 17.1 Å². The van der Waals surface area contributed by atoms with Crippen molar-refractivity contribution in [3.63, 3.8) is 0 Å². The van der Waals surface area contributed by atoms with Crippen LogP contribution in [0.3, 0.4) is 0 Å². The molecule has 1 aromatic carbocycles. The first-order chi connectivity index (χ1) is 10.3. The van der Waals surface area contributed by atoms with Crippen LogP contribution in [-0.4, -0.2) is 11.2 Å². The van der Waals surface area contributed by atoms with E-state index in [4.69, 9.17) is 18.6 Å². The van der Waals surface area contributed by atoms with Gasteiger partial charge in [-0.25, -0.2) is 18.6 Å². The van der Waals surface area contributed by atoms with Gasteiger partial charge < -0.3 is 10.6 Å². The van der Waals surface area contributed by atoms with Crippen molar-refractivity contribution in [3.8, 4) is 5.75 Å². The Labute approximate surface area is 151 Å². The van der Waals surface area contributed by atoms with Gasteiger partial charge in [-0.2, -0.15) is 0 Å². The molecule has 1 heterocycles. The van der Waals surface area contributed by atoms with Crippen LogP contribution >= 0.6 is 0 Å². The molecule has 3 N–H and O–H groups in total. The molecule has 0 fully saturated rings. The Morgan fingerprint density at radius 2 is 1.58 bits per heavy atom. The number of rotatable bonds is 3. The number of halogens is 1. The minimum Gasteiger partial charge on any atom is -0.872 e.